The van der Waals surface area contributed by atoms with Crippen LogP contribution in [0.15, 0.2) is 0 Å². The summed E-state index contributed by atoms with van der Waals surface area (Å²) in [6.07, 6.45) is 2.83. The smallest absolute Gasteiger partial charge is 0.329 e. The lowest BCUT2D eigenvalue weighted by Crippen LogP contribution is -2.57. The highest BCUT2D eigenvalue weighted by Crippen LogP contribution is 2.39. The molecule has 0 aromatic carbocycles. The Kier molecular flexibility index (Phi) is 4.52. The van der Waals surface area contributed by atoms with Gasteiger partial charge in [-0.2, -0.15) is 0 Å². The number of hydrogen-bond acceptors (Lipinski definition) is 3. The zero-order chi connectivity index (χ0) is 14.8. The van der Waals surface area contributed by atoms with E-state index < -0.39 is 11.5 Å². The van der Waals surface area contributed by atoms with Crippen molar-refractivity contribution in [3.63, 3.8) is 0 Å². The molecule has 2 unspecified atom stereocenters. The van der Waals surface area contributed by atoms with E-state index in [1.807, 2.05) is 0 Å². The summed E-state index contributed by atoms with van der Waals surface area (Å²) in [5.41, 5.74) is -1.13. The molecule has 1 saturated carbocycles. The van der Waals surface area contributed by atoms with Crippen LogP contribution in [0.4, 0.5) is 4.79 Å². The molecule has 20 heavy (non-hydrogen) atoms. The molecule has 0 bridgehead atoms. The van der Waals surface area contributed by atoms with Gasteiger partial charge in [0.1, 0.15) is 5.54 Å². The van der Waals surface area contributed by atoms with Gasteiger partial charge in [-0.25, -0.2) is 9.59 Å². The third-order valence-corrected chi connectivity index (χ3v) is 4.58. The van der Waals surface area contributed by atoms with E-state index in [0.717, 1.165) is 38.9 Å². The maximum absolute atomic E-state index is 11.9. The number of rotatable bonds is 6. The molecule has 2 atom stereocenters. The standard InChI is InChI=1S/C14H25N3O3/c1-3-17-7-6-10(9-17)8-15-13(20)16-14(2,12(18)19)11-4-5-11/h10-11H,3-9H2,1-2H3,(H,18,19)(H2,15,16,20). The Morgan fingerprint density at radius 1 is 1.35 bits per heavy atom. The summed E-state index contributed by atoms with van der Waals surface area (Å²) in [4.78, 5) is 25.6. The molecule has 0 aromatic rings. The van der Waals surface area contributed by atoms with E-state index in [4.69, 9.17) is 0 Å². The average molecular weight is 283 g/mol. The van der Waals surface area contributed by atoms with E-state index >= 15 is 0 Å². The summed E-state index contributed by atoms with van der Waals surface area (Å²) >= 11 is 0. The molecule has 1 aliphatic heterocycles. The molecule has 2 aliphatic rings. The van der Waals surface area contributed by atoms with Gasteiger partial charge < -0.3 is 20.6 Å². The average Bonchev–Trinajstić information content (AvgIpc) is 3.16. The number of nitrogens with zero attached hydrogens (tertiary/aromatic N) is 1. The Bertz CT molecular complexity index is 384. The molecule has 6 nitrogen and oxygen atoms in total. The quantitative estimate of drug-likeness (QED) is 0.676. The summed E-state index contributed by atoms with van der Waals surface area (Å²) in [6, 6.07) is -0.364. The Morgan fingerprint density at radius 3 is 2.55 bits per heavy atom. The first kappa shape index (κ1) is 15.1. The molecule has 1 aliphatic carbocycles. The molecule has 1 saturated heterocycles. The van der Waals surface area contributed by atoms with Crippen LogP contribution in [0, 0.1) is 11.8 Å². The van der Waals surface area contributed by atoms with E-state index in [-0.39, 0.29) is 11.9 Å². The molecular weight excluding hydrogens is 258 g/mol. The molecule has 1 heterocycles. The number of carboxylic acid groups (broad SMARTS) is 1. The Hall–Kier alpha value is -1.30. The topological polar surface area (TPSA) is 81.7 Å². The van der Waals surface area contributed by atoms with Crippen LogP contribution in [0.25, 0.3) is 0 Å². The van der Waals surface area contributed by atoms with Crippen molar-refractivity contribution in [1.29, 1.82) is 0 Å². The maximum Gasteiger partial charge on any atom is 0.329 e. The van der Waals surface area contributed by atoms with E-state index in [1.165, 1.54) is 0 Å². The van der Waals surface area contributed by atoms with Gasteiger partial charge in [-0.05, 0) is 51.1 Å². The Morgan fingerprint density at radius 2 is 2.05 bits per heavy atom. The van der Waals surface area contributed by atoms with Gasteiger partial charge >= 0.3 is 12.0 Å². The highest BCUT2D eigenvalue weighted by Gasteiger charge is 2.48. The normalized spacial score (nSPS) is 26.0. The summed E-state index contributed by atoms with van der Waals surface area (Å²) in [5.74, 6) is -0.418. The molecule has 3 N–H and O–H groups in total. The summed E-state index contributed by atoms with van der Waals surface area (Å²) in [5, 5.41) is 14.8. The van der Waals surface area contributed by atoms with Gasteiger partial charge in [0.2, 0.25) is 0 Å². The van der Waals surface area contributed by atoms with Crippen LogP contribution in [-0.4, -0.2) is 53.7 Å². The third kappa shape index (κ3) is 3.42. The minimum Gasteiger partial charge on any atom is -0.480 e. The van der Waals surface area contributed by atoms with E-state index in [0.29, 0.717) is 12.5 Å². The highest BCUT2D eigenvalue weighted by molar-refractivity contribution is 5.86. The number of hydrogen-bond donors (Lipinski definition) is 3. The lowest BCUT2D eigenvalue weighted by Gasteiger charge is -2.26. The van der Waals surface area contributed by atoms with Gasteiger partial charge in [0, 0.05) is 13.1 Å². The minimum atomic E-state index is -1.13. The zero-order valence-electron chi connectivity index (χ0n) is 12.3. The number of likely N-dealkylation sites (tertiary alicyclic amines) is 1. The van der Waals surface area contributed by atoms with E-state index in [1.54, 1.807) is 6.92 Å². The Balaban J connectivity index is 1.76. The predicted octanol–water partition coefficient (Wildman–Crippen LogP) is 0.881. The number of amides is 2. The predicted molar refractivity (Wildman–Crippen MR) is 75.5 cm³/mol. The van der Waals surface area contributed by atoms with Crippen LogP contribution < -0.4 is 10.6 Å². The van der Waals surface area contributed by atoms with Crippen molar-refractivity contribution in [1.82, 2.24) is 15.5 Å². The highest BCUT2D eigenvalue weighted by atomic mass is 16.4. The SMILES string of the molecule is CCN1CCC(CNC(=O)NC(C)(C(=O)O)C2CC2)C1. The van der Waals surface area contributed by atoms with Gasteiger partial charge in [-0.15, -0.1) is 0 Å². The molecule has 0 radical (unpaired) electrons. The summed E-state index contributed by atoms with van der Waals surface area (Å²) in [7, 11) is 0. The molecule has 114 valence electrons. The molecule has 0 spiro atoms. The van der Waals surface area contributed by atoms with Crippen molar-refractivity contribution in [3.8, 4) is 0 Å². The van der Waals surface area contributed by atoms with Crippen molar-refractivity contribution in [2.24, 2.45) is 11.8 Å². The maximum atomic E-state index is 11.9. The fraction of sp³-hybridized carbons (Fsp3) is 0.857. The summed E-state index contributed by atoms with van der Waals surface area (Å²) < 4.78 is 0. The van der Waals surface area contributed by atoms with Crippen molar-refractivity contribution in [3.05, 3.63) is 0 Å². The molecule has 6 heteroatoms. The fourth-order valence-electron chi connectivity index (χ4n) is 2.87. The third-order valence-electron chi connectivity index (χ3n) is 4.58. The van der Waals surface area contributed by atoms with Crippen molar-refractivity contribution < 1.29 is 14.7 Å². The van der Waals surface area contributed by atoms with Crippen molar-refractivity contribution in [2.75, 3.05) is 26.2 Å². The zero-order valence-corrected chi connectivity index (χ0v) is 12.3. The second-order valence-corrected chi connectivity index (χ2v) is 6.16. The fourth-order valence-corrected chi connectivity index (χ4v) is 2.87. The van der Waals surface area contributed by atoms with E-state index in [9.17, 15) is 14.7 Å². The van der Waals surface area contributed by atoms with Crippen LogP contribution in [-0.2, 0) is 4.79 Å². The van der Waals surface area contributed by atoms with Crippen LogP contribution >= 0.6 is 0 Å². The van der Waals surface area contributed by atoms with Crippen LogP contribution in [0.1, 0.15) is 33.1 Å². The summed E-state index contributed by atoms with van der Waals surface area (Å²) in [6.45, 7) is 7.48. The largest absolute Gasteiger partial charge is 0.480 e. The molecule has 2 fully saturated rings. The number of urea groups is 1. The van der Waals surface area contributed by atoms with Gasteiger partial charge in [-0.1, -0.05) is 6.92 Å². The number of carbonyl (C=O) groups is 2. The lowest BCUT2D eigenvalue weighted by atomic mass is 9.96. The molecule has 0 aromatic heterocycles. The Labute approximate surface area is 119 Å². The minimum absolute atomic E-state index is 0.0628. The van der Waals surface area contributed by atoms with E-state index in [2.05, 4.69) is 22.5 Å². The number of nitrogens with one attached hydrogen (secondary N) is 2. The van der Waals surface area contributed by atoms with Gasteiger partial charge in [0.25, 0.3) is 0 Å². The van der Waals surface area contributed by atoms with Gasteiger partial charge in [0.15, 0.2) is 0 Å². The van der Waals surface area contributed by atoms with Crippen molar-refractivity contribution in [2.45, 2.75) is 38.6 Å². The monoisotopic (exact) mass is 283 g/mol. The van der Waals surface area contributed by atoms with Gasteiger partial charge in [0.05, 0.1) is 0 Å². The number of carbonyl (C=O) groups excluding carboxylic acids is 1. The first-order valence-corrected chi connectivity index (χ1v) is 7.47. The van der Waals surface area contributed by atoms with Crippen molar-refractivity contribution >= 4 is 12.0 Å². The lowest BCUT2D eigenvalue weighted by molar-refractivity contribution is -0.144. The first-order chi connectivity index (χ1) is 9.45. The second kappa shape index (κ2) is 5.99. The second-order valence-electron chi connectivity index (χ2n) is 6.16. The number of aliphatic carboxylic acids is 1. The van der Waals surface area contributed by atoms with Crippen LogP contribution in [0.2, 0.25) is 0 Å². The number of carboxylic acids is 1. The van der Waals surface area contributed by atoms with Crippen LogP contribution in [0.3, 0.4) is 0 Å². The van der Waals surface area contributed by atoms with Crippen LogP contribution in [0.5, 0.6) is 0 Å². The molecule has 2 rings (SSSR count). The van der Waals surface area contributed by atoms with Gasteiger partial charge in [-0.3, -0.25) is 0 Å². The molecular formula is C14H25N3O3. The first-order valence-electron chi connectivity index (χ1n) is 7.47. The molecule has 2 amide bonds.